The van der Waals surface area contributed by atoms with Crippen molar-refractivity contribution in [3.05, 3.63) is 41.6 Å². The lowest BCUT2D eigenvalue weighted by Crippen LogP contribution is -2.30. The zero-order chi connectivity index (χ0) is 16.9. The van der Waals surface area contributed by atoms with Crippen molar-refractivity contribution >= 4 is 17.7 Å². The Kier molecular flexibility index (Phi) is 3.00. The molecule has 1 aliphatic carbocycles. The molecule has 1 saturated carbocycles. The van der Waals surface area contributed by atoms with Crippen LogP contribution in [0.1, 0.15) is 36.9 Å². The third kappa shape index (κ3) is 1.81. The lowest BCUT2D eigenvalue weighted by molar-refractivity contribution is -0.120. The molecule has 6 nitrogen and oxygen atoms in total. The Morgan fingerprint density at radius 1 is 1.25 bits per heavy atom. The maximum Gasteiger partial charge on any atom is 0.417 e. The van der Waals surface area contributed by atoms with Gasteiger partial charge in [-0.25, -0.2) is 9.36 Å². The van der Waals surface area contributed by atoms with Gasteiger partial charge in [0, 0.05) is 5.69 Å². The van der Waals surface area contributed by atoms with Crippen molar-refractivity contribution in [1.82, 2.24) is 4.57 Å². The summed E-state index contributed by atoms with van der Waals surface area (Å²) in [5.41, 5.74) is 2.47. The molecule has 0 saturated heterocycles. The Morgan fingerprint density at radius 2 is 2.00 bits per heavy atom. The molecule has 0 atom stereocenters. The maximum absolute atomic E-state index is 12.5. The summed E-state index contributed by atoms with van der Waals surface area (Å²) >= 11 is 0. The molecule has 1 fully saturated rings. The molecule has 1 spiro atoms. The number of nitriles is 1. The fourth-order valence-corrected chi connectivity index (χ4v) is 4.00. The van der Waals surface area contributed by atoms with E-state index in [0.717, 1.165) is 41.5 Å². The number of nitrogens with one attached hydrogen (secondary N) is 1. The van der Waals surface area contributed by atoms with Crippen molar-refractivity contribution in [2.75, 3.05) is 5.32 Å². The van der Waals surface area contributed by atoms with Gasteiger partial charge in [-0.15, -0.1) is 0 Å². The van der Waals surface area contributed by atoms with Gasteiger partial charge < -0.3 is 10.4 Å². The van der Waals surface area contributed by atoms with Crippen LogP contribution in [0.25, 0.3) is 11.3 Å². The Balaban J connectivity index is 1.88. The predicted octanol–water partition coefficient (Wildman–Crippen LogP) is 3.32. The molecule has 120 valence electrons. The van der Waals surface area contributed by atoms with Crippen LogP contribution in [0.4, 0.5) is 10.5 Å². The Labute approximate surface area is 138 Å². The van der Waals surface area contributed by atoms with Crippen molar-refractivity contribution in [2.24, 2.45) is 0 Å². The number of fused-ring (bicyclic) bond motifs is 2. The number of carbonyl (C=O) groups is 2. The van der Waals surface area contributed by atoms with Crippen LogP contribution in [-0.2, 0) is 10.2 Å². The Bertz CT molecular complexity index is 914. The summed E-state index contributed by atoms with van der Waals surface area (Å²) in [6, 6.07) is 10.5. The number of anilines is 1. The first kappa shape index (κ1) is 14.5. The molecule has 1 amide bonds. The summed E-state index contributed by atoms with van der Waals surface area (Å²) in [7, 11) is 0. The van der Waals surface area contributed by atoms with Gasteiger partial charge >= 0.3 is 6.09 Å². The van der Waals surface area contributed by atoms with E-state index in [1.54, 1.807) is 12.1 Å². The smallest absolute Gasteiger partial charge is 0.417 e. The second-order valence-electron chi connectivity index (χ2n) is 6.34. The Hall–Kier alpha value is -3.07. The largest absolute Gasteiger partial charge is 0.464 e. The molecule has 24 heavy (non-hydrogen) atoms. The molecule has 2 heterocycles. The zero-order valence-electron chi connectivity index (χ0n) is 12.9. The molecule has 2 N–H and O–H groups in total. The summed E-state index contributed by atoms with van der Waals surface area (Å²) in [5.74, 6) is 0.0403. The minimum Gasteiger partial charge on any atom is -0.464 e. The van der Waals surface area contributed by atoms with E-state index >= 15 is 0 Å². The van der Waals surface area contributed by atoms with Crippen LogP contribution in [-0.4, -0.2) is 21.7 Å². The quantitative estimate of drug-likeness (QED) is 0.842. The van der Waals surface area contributed by atoms with E-state index < -0.39 is 11.5 Å². The van der Waals surface area contributed by atoms with Gasteiger partial charge in [-0.3, -0.25) is 4.79 Å². The molecule has 1 aromatic carbocycles. The number of rotatable bonds is 1. The molecule has 1 aromatic heterocycles. The van der Waals surface area contributed by atoms with Crippen molar-refractivity contribution in [3.63, 3.8) is 0 Å². The maximum atomic E-state index is 12.5. The number of hydrogen-bond donors (Lipinski definition) is 2. The molecule has 2 aromatic rings. The monoisotopic (exact) mass is 321 g/mol. The molecule has 2 aliphatic rings. The van der Waals surface area contributed by atoms with E-state index in [1.807, 2.05) is 18.2 Å². The van der Waals surface area contributed by atoms with Crippen LogP contribution in [0.3, 0.4) is 0 Å². The van der Waals surface area contributed by atoms with Crippen LogP contribution in [0, 0.1) is 11.3 Å². The molecule has 0 radical (unpaired) electrons. The van der Waals surface area contributed by atoms with Crippen LogP contribution < -0.4 is 5.32 Å². The first-order chi connectivity index (χ1) is 11.6. The number of aromatic nitrogens is 1. The van der Waals surface area contributed by atoms with Gasteiger partial charge in [0.25, 0.3) is 0 Å². The number of carbonyl (C=O) groups excluding carboxylic acids is 1. The summed E-state index contributed by atoms with van der Waals surface area (Å²) in [5, 5.41) is 21.5. The van der Waals surface area contributed by atoms with E-state index in [4.69, 9.17) is 5.26 Å². The summed E-state index contributed by atoms with van der Waals surface area (Å²) in [4.78, 5) is 24.0. The van der Waals surface area contributed by atoms with E-state index in [2.05, 4.69) is 5.32 Å². The van der Waals surface area contributed by atoms with Crippen LogP contribution in [0.2, 0.25) is 0 Å². The number of benzene rings is 1. The highest BCUT2D eigenvalue weighted by molar-refractivity contribution is 6.07. The first-order valence-electron chi connectivity index (χ1n) is 7.88. The predicted molar refractivity (Wildman–Crippen MR) is 86.8 cm³/mol. The summed E-state index contributed by atoms with van der Waals surface area (Å²) in [6.07, 6.45) is 2.47. The van der Waals surface area contributed by atoms with Gasteiger partial charge in [-0.2, -0.15) is 5.26 Å². The van der Waals surface area contributed by atoms with Crippen molar-refractivity contribution in [2.45, 2.75) is 31.1 Å². The normalized spacial score (nSPS) is 17.5. The minimum atomic E-state index is -1.20. The van der Waals surface area contributed by atoms with Crippen LogP contribution in [0.5, 0.6) is 0 Å². The summed E-state index contributed by atoms with van der Waals surface area (Å²) < 4.78 is 0.979. The van der Waals surface area contributed by atoms with Crippen molar-refractivity contribution < 1.29 is 14.7 Å². The third-order valence-corrected chi connectivity index (χ3v) is 5.16. The van der Waals surface area contributed by atoms with Gasteiger partial charge in [-0.1, -0.05) is 18.9 Å². The van der Waals surface area contributed by atoms with Crippen LogP contribution >= 0.6 is 0 Å². The second-order valence-corrected chi connectivity index (χ2v) is 6.34. The van der Waals surface area contributed by atoms with E-state index in [-0.39, 0.29) is 11.6 Å². The average molecular weight is 321 g/mol. The second kappa shape index (κ2) is 4.96. The third-order valence-electron chi connectivity index (χ3n) is 5.16. The highest BCUT2D eigenvalue weighted by Crippen LogP contribution is 2.49. The highest BCUT2D eigenvalue weighted by Gasteiger charge is 2.48. The number of amides is 1. The SMILES string of the molecule is N#Cc1ccc(-c2ccc3c(c2)C2(CCCC2)C(=O)N3)n1C(=O)O. The van der Waals surface area contributed by atoms with Crippen molar-refractivity contribution in [3.8, 4) is 17.3 Å². The number of nitrogens with zero attached hydrogens (tertiary/aromatic N) is 2. The lowest BCUT2D eigenvalue weighted by atomic mass is 9.79. The summed E-state index contributed by atoms with van der Waals surface area (Å²) in [6.45, 7) is 0. The van der Waals surface area contributed by atoms with Gasteiger partial charge in [-0.05, 0) is 48.2 Å². The molecule has 0 bridgehead atoms. The topological polar surface area (TPSA) is 95.1 Å². The minimum absolute atomic E-state index is 0.0403. The lowest BCUT2D eigenvalue weighted by Gasteiger charge is -2.21. The fraction of sp³-hybridized carbons (Fsp3) is 0.278. The van der Waals surface area contributed by atoms with E-state index in [9.17, 15) is 14.7 Å². The van der Waals surface area contributed by atoms with Gasteiger partial charge in [0.1, 0.15) is 11.8 Å². The van der Waals surface area contributed by atoms with Gasteiger partial charge in [0.05, 0.1) is 11.1 Å². The number of hydrogen-bond acceptors (Lipinski definition) is 3. The van der Waals surface area contributed by atoms with Gasteiger partial charge in [0.2, 0.25) is 5.91 Å². The average Bonchev–Trinajstić information content (AvgIpc) is 3.27. The fourth-order valence-electron chi connectivity index (χ4n) is 4.00. The molecular weight excluding hydrogens is 306 g/mol. The Morgan fingerprint density at radius 3 is 2.67 bits per heavy atom. The highest BCUT2D eigenvalue weighted by atomic mass is 16.4. The van der Waals surface area contributed by atoms with E-state index in [1.165, 1.54) is 6.07 Å². The molecule has 6 heteroatoms. The molecule has 1 aliphatic heterocycles. The number of carboxylic acid groups (broad SMARTS) is 1. The van der Waals surface area contributed by atoms with Crippen molar-refractivity contribution in [1.29, 1.82) is 5.26 Å². The molecule has 4 rings (SSSR count). The van der Waals surface area contributed by atoms with E-state index in [0.29, 0.717) is 11.3 Å². The van der Waals surface area contributed by atoms with Gasteiger partial charge in [0.15, 0.2) is 0 Å². The molecular formula is C18H15N3O3. The van der Waals surface area contributed by atoms with Crippen LogP contribution in [0.15, 0.2) is 30.3 Å². The first-order valence-corrected chi connectivity index (χ1v) is 7.88. The standard InChI is InChI=1S/C18H15N3O3/c19-10-12-4-6-15(21(12)17(23)24)11-3-5-14-13(9-11)18(16(22)20-14)7-1-2-8-18/h3-6,9H,1-2,7-8H2,(H,20,22)(H,23,24). The zero-order valence-corrected chi connectivity index (χ0v) is 12.9. The molecule has 0 unspecified atom stereocenters.